The topological polar surface area (TPSA) is 87.6 Å². The maximum atomic E-state index is 12.5. The second-order valence-corrected chi connectivity index (χ2v) is 8.74. The molecule has 0 aliphatic carbocycles. The molecule has 1 aliphatic rings. The van der Waals surface area contributed by atoms with Crippen molar-refractivity contribution in [3.63, 3.8) is 0 Å². The molecule has 0 radical (unpaired) electrons. The predicted molar refractivity (Wildman–Crippen MR) is 111 cm³/mol. The summed E-state index contributed by atoms with van der Waals surface area (Å²) in [6.45, 7) is 0.649. The van der Waals surface area contributed by atoms with Crippen LogP contribution in [0.4, 0.5) is 5.69 Å². The number of benzene rings is 2. The zero-order valence-electron chi connectivity index (χ0n) is 15.3. The van der Waals surface area contributed by atoms with Crippen molar-refractivity contribution >= 4 is 39.1 Å². The van der Waals surface area contributed by atoms with Gasteiger partial charge in [-0.2, -0.15) is 0 Å². The van der Waals surface area contributed by atoms with E-state index in [0.717, 1.165) is 24.8 Å². The van der Waals surface area contributed by atoms with Gasteiger partial charge in [0.15, 0.2) is 0 Å². The zero-order chi connectivity index (χ0) is 20.0. The average molecular weight is 420 g/mol. The molecule has 3 rings (SSSR count). The summed E-state index contributed by atoms with van der Waals surface area (Å²) < 4.78 is 27.6. The highest BCUT2D eigenvalue weighted by atomic mass is 35.5. The minimum Gasteiger partial charge on any atom is -0.326 e. The Hall–Kier alpha value is -2.38. The van der Waals surface area contributed by atoms with Crippen molar-refractivity contribution in [3.05, 3.63) is 59.1 Å². The molecular weight excluding hydrogens is 398 g/mol. The summed E-state index contributed by atoms with van der Waals surface area (Å²) in [4.78, 5) is 16.6. The zero-order valence-corrected chi connectivity index (χ0v) is 16.9. The van der Waals surface area contributed by atoms with E-state index in [-0.39, 0.29) is 17.2 Å². The van der Waals surface area contributed by atoms with Gasteiger partial charge in [0.1, 0.15) is 5.84 Å². The molecule has 2 N–H and O–H groups in total. The molecule has 0 aromatic heterocycles. The number of hydrogen-bond acceptors (Lipinski definition) is 4. The highest BCUT2D eigenvalue weighted by Crippen LogP contribution is 2.16. The first-order valence-electron chi connectivity index (χ1n) is 9.13. The van der Waals surface area contributed by atoms with Crippen LogP contribution in [0.1, 0.15) is 31.2 Å². The minimum absolute atomic E-state index is 0.134. The molecule has 0 spiro atoms. The van der Waals surface area contributed by atoms with Gasteiger partial charge < -0.3 is 5.32 Å². The second kappa shape index (κ2) is 9.21. The lowest BCUT2D eigenvalue weighted by Crippen LogP contribution is -2.30. The van der Waals surface area contributed by atoms with Gasteiger partial charge in [-0.1, -0.05) is 30.2 Å². The Bertz CT molecular complexity index is 955. The molecule has 0 unspecified atom stereocenters. The summed E-state index contributed by atoms with van der Waals surface area (Å²) in [7, 11) is -3.68. The Morgan fingerprint density at radius 2 is 1.71 bits per heavy atom. The molecule has 1 heterocycles. The van der Waals surface area contributed by atoms with Crippen LogP contribution in [0.5, 0.6) is 0 Å². The van der Waals surface area contributed by atoms with Gasteiger partial charge in [-0.3, -0.25) is 14.5 Å². The van der Waals surface area contributed by atoms with Crippen LogP contribution in [0.3, 0.4) is 0 Å². The van der Waals surface area contributed by atoms with E-state index in [4.69, 9.17) is 11.6 Å². The van der Waals surface area contributed by atoms with E-state index in [1.807, 2.05) is 0 Å². The first-order valence-corrected chi connectivity index (χ1v) is 11.0. The summed E-state index contributed by atoms with van der Waals surface area (Å²) in [6.07, 6.45) is 3.81. The molecule has 2 aromatic carbocycles. The third kappa shape index (κ3) is 5.81. The monoisotopic (exact) mass is 419 g/mol. The maximum Gasteiger partial charge on any atom is 0.262 e. The summed E-state index contributed by atoms with van der Waals surface area (Å²) in [5.74, 6) is 0.321. The highest BCUT2D eigenvalue weighted by Gasteiger charge is 2.17. The molecule has 1 aliphatic heterocycles. The van der Waals surface area contributed by atoms with Gasteiger partial charge in [-0.05, 0) is 54.8 Å². The fourth-order valence-electron chi connectivity index (χ4n) is 2.88. The van der Waals surface area contributed by atoms with Crippen LogP contribution >= 0.6 is 11.6 Å². The van der Waals surface area contributed by atoms with E-state index in [1.165, 1.54) is 12.1 Å². The fourth-order valence-corrected chi connectivity index (χ4v) is 4.10. The summed E-state index contributed by atoms with van der Waals surface area (Å²) in [5.41, 5.74) is 1.37. The van der Waals surface area contributed by atoms with Crippen molar-refractivity contribution in [2.45, 2.75) is 37.0 Å². The third-order valence-electron chi connectivity index (χ3n) is 4.35. The van der Waals surface area contributed by atoms with Crippen molar-refractivity contribution in [2.24, 2.45) is 4.99 Å². The average Bonchev–Trinajstić information content (AvgIpc) is 2.92. The number of rotatable bonds is 5. The van der Waals surface area contributed by atoms with Crippen molar-refractivity contribution in [1.82, 2.24) is 4.72 Å². The van der Waals surface area contributed by atoms with Gasteiger partial charge in [0.25, 0.3) is 10.0 Å². The Morgan fingerprint density at radius 3 is 2.43 bits per heavy atom. The maximum absolute atomic E-state index is 12.5. The third-order valence-corrected chi connectivity index (χ3v) is 6.00. The lowest BCUT2D eigenvalue weighted by molar-refractivity contribution is -0.115. The number of aliphatic imine (C=N–C) groups is 1. The smallest absolute Gasteiger partial charge is 0.262 e. The van der Waals surface area contributed by atoms with Crippen molar-refractivity contribution in [2.75, 3.05) is 11.9 Å². The number of sulfonamides is 1. The first-order chi connectivity index (χ1) is 13.4. The van der Waals surface area contributed by atoms with Gasteiger partial charge in [-0.25, -0.2) is 8.42 Å². The number of carbonyl (C=O) groups excluding carboxylic acids is 1. The van der Waals surface area contributed by atoms with E-state index in [9.17, 15) is 13.2 Å². The number of amides is 1. The quantitative estimate of drug-likeness (QED) is 0.773. The second-order valence-electron chi connectivity index (χ2n) is 6.62. The number of halogens is 1. The van der Waals surface area contributed by atoms with E-state index in [1.54, 1.807) is 36.4 Å². The minimum atomic E-state index is -3.68. The number of carbonyl (C=O) groups is 1. The van der Waals surface area contributed by atoms with Crippen LogP contribution in [-0.4, -0.2) is 26.7 Å². The molecule has 0 atom stereocenters. The summed E-state index contributed by atoms with van der Waals surface area (Å²) in [5, 5.41) is 3.38. The number of anilines is 1. The van der Waals surface area contributed by atoms with Crippen molar-refractivity contribution in [3.8, 4) is 0 Å². The molecule has 1 amide bonds. The first kappa shape index (κ1) is 20.4. The standard InChI is InChI=1S/C20H22ClN3O3S/c21-16-7-5-15(6-8-16)14-20(25)23-17-9-11-18(12-10-17)28(26,27)24-19-4-2-1-3-13-22-19/h5-12H,1-4,13-14H2,(H,22,24)(H,23,25). The van der Waals surface area contributed by atoms with E-state index in [0.29, 0.717) is 29.5 Å². The summed E-state index contributed by atoms with van der Waals surface area (Å²) >= 11 is 5.84. The molecule has 2 aromatic rings. The van der Waals surface area contributed by atoms with Gasteiger partial charge in [0, 0.05) is 23.7 Å². The molecule has 0 saturated heterocycles. The number of nitrogens with zero attached hydrogens (tertiary/aromatic N) is 1. The number of amidine groups is 1. The SMILES string of the molecule is O=C(Cc1ccc(Cl)cc1)Nc1ccc(S(=O)(=O)NC2=NCCCCC2)cc1. The Kier molecular flexibility index (Phi) is 6.70. The van der Waals surface area contributed by atoms with E-state index < -0.39 is 10.0 Å². The van der Waals surface area contributed by atoms with Crippen LogP contribution in [0.25, 0.3) is 0 Å². The molecule has 28 heavy (non-hydrogen) atoms. The highest BCUT2D eigenvalue weighted by molar-refractivity contribution is 7.90. The molecule has 148 valence electrons. The molecule has 6 nitrogen and oxygen atoms in total. The fraction of sp³-hybridized carbons (Fsp3) is 0.300. The largest absolute Gasteiger partial charge is 0.326 e. The van der Waals surface area contributed by atoms with Crippen LogP contribution in [0.2, 0.25) is 5.02 Å². The molecule has 0 bridgehead atoms. The van der Waals surface area contributed by atoms with Crippen LogP contribution in [-0.2, 0) is 21.2 Å². The Labute approximate surface area is 170 Å². The van der Waals surface area contributed by atoms with Gasteiger partial charge >= 0.3 is 0 Å². The van der Waals surface area contributed by atoms with Crippen molar-refractivity contribution in [1.29, 1.82) is 0 Å². The lowest BCUT2D eigenvalue weighted by atomic mass is 10.1. The normalized spacial score (nSPS) is 14.7. The van der Waals surface area contributed by atoms with Crippen LogP contribution in [0, 0.1) is 0 Å². The van der Waals surface area contributed by atoms with Crippen LogP contribution in [0.15, 0.2) is 58.4 Å². The molecule has 8 heteroatoms. The van der Waals surface area contributed by atoms with Gasteiger partial charge in [0.05, 0.1) is 11.3 Å². The lowest BCUT2D eigenvalue weighted by Gasteiger charge is -2.11. The number of nitrogens with one attached hydrogen (secondary N) is 2. The molecule has 0 fully saturated rings. The molecular formula is C20H22ClN3O3S. The predicted octanol–water partition coefficient (Wildman–Crippen LogP) is 3.77. The van der Waals surface area contributed by atoms with Crippen LogP contribution < -0.4 is 10.0 Å². The van der Waals surface area contributed by atoms with Gasteiger partial charge in [0.2, 0.25) is 5.91 Å². The Balaban J connectivity index is 1.61. The van der Waals surface area contributed by atoms with E-state index in [2.05, 4.69) is 15.0 Å². The Morgan fingerprint density at radius 1 is 1.00 bits per heavy atom. The van der Waals surface area contributed by atoms with E-state index >= 15 is 0 Å². The number of hydrogen-bond donors (Lipinski definition) is 2. The van der Waals surface area contributed by atoms with Crippen molar-refractivity contribution < 1.29 is 13.2 Å². The molecule has 0 saturated carbocycles. The summed E-state index contributed by atoms with van der Waals surface area (Å²) in [6, 6.07) is 13.1. The van der Waals surface area contributed by atoms with Gasteiger partial charge in [-0.15, -0.1) is 0 Å².